The average Bonchev–Trinajstić information content (AvgIpc) is 2.95. The number of anilines is 1. The van der Waals surface area contributed by atoms with E-state index in [4.69, 9.17) is 5.11 Å². The van der Waals surface area contributed by atoms with Crippen LogP contribution in [0.2, 0.25) is 0 Å². The highest BCUT2D eigenvalue weighted by atomic mass is 32.1. The van der Waals surface area contributed by atoms with Crippen molar-refractivity contribution in [1.82, 2.24) is 14.8 Å². The molecule has 0 bridgehead atoms. The zero-order valence-electron chi connectivity index (χ0n) is 10.6. The van der Waals surface area contributed by atoms with E-state index in [1.165, 1.54) is 5.01 Å². The fourth-order valence-corrected chi connectivity index (χ4v) is 2.38. The van der Waals surface area contributed by atoms with Crippen molar-refractivity contribution in [2.24, 2.45) is 0 Å². The van der Waals surface area contributed by atoms with Gasteiger partial charge in [-0.15, -0.1) is 11.3 Å². The lowest BCUT2D eigenvalue weighted by molar-refractivity contribution is 0.269. The Bertz CT molecular complexity index is 492. The van der Waals surface area contributed by atoms with Gasteiger partial charge in [0.25, 0.3) is 0 Å². The molecule has 98 valence electrons. The van der Waals surface area contributed by atoms with Crippen LogP contribution in [0.4, 0.5) is 5.69 Å². The van der Waals surface area contributed by atoms with Gasteiger partial charge in [-0.3, -0.25) is 4.68 Å². The first-order valence-electron chi connectivity index (χ1n) is 6.00. The quantitative estimate of drug-likeness (QED) is 0.840. The maximum Gasteiger partial charge on any atom is 0.0954 e. The van der Waals surface area contributed by atoms with Gasteiger partial charge in [-0.2, -0.15) is 5.10 Å². The second-order valence-corrected chi connectivity index (χ2v) is 5.29. The molecule has 2 N–H and O–H groups in total. The highest BCUT2D eigenvalue weighted by molar-refractivity contribution is 7.09. The monoisotopic (exact) mass is 266 g/mol. The zero-order chi connectivity index (χ0) is 13.0. The topological polar surface area (TPSA) is 63.0 Å². The van der Waals surface area contributed by atoms with Crippen molar-refractivity contribution in [2.45, 2.75) is 32.9 Å². The van der Waals surface area contributed by atoms with Gasteiger partial charge in [-0.1, -0.05) is 13.8 Å². The summed E-state index contributed by atoms with van der Waals surface area (Å²) < 4.78 is 1.71. The number of nitrogens with one attached hydrogen (secondary N) is 1. The van der Waals surface area contributed by atoms with Crippen molar-refractivity contribution in [2.75, 3.05) is 11.9 Å². The largest absolute Gasteiger partial charge is 0.394 e. The van der Waals surface area contributed by atoms with Crippen LogP contribution in [0.15, 0.2) is 17.8 Å². The number of aliphatic hydroxyl groups is 1. The number of nitrogens with zero attached hydrogens (tertiary/aromatic N) is 3. The highest BCUT2D eigenvalue weighted by Crippen LogP contribution is 2.19. The average molecular weight is 266 g/mol. The van der Waals surface area contributed by atoms with Gasteiger partial charge in [-0.05, 0) is 0 Å². The first-order chi connectivity index (χ1) is 8.69. The van der Waals surface area contributed by atoms with Gasteiger partial charge in [-0.25, -0.2) is 4.98 Å². The molecule has 0 radical (unpaired) electrons. The van der Waals surface area contributed by atoms with Crippen molar-refractivity contribution >= 4 is 17.0 Å². The van der Waals surface area contributed by atoms with Crippen LogP contribution in [0, 0.1) is 0 Å². The molecule has 5 nitrogen and oxygen atoms in total. The van der Waals surface area contributed by atoms with Gasteiger partial charge in [0.15, 0.2) is 0 Å². The van der Waals surface area contributed by atoms with Crippen LogP contribution < -0.4 is 5.32 Å². The van der Waals surface area contributed by atoms with E-state index in [2.05, 4.69) is 34.6 Å². The first kappa shape index (κ1) is 13.0. The van der Waals surface area contributed by atoms with Crippen molar-refractivity contribution in [3.63, 3.8) is 0 Å². The molecule has 2 aromatic rings. The van der Waals surface area contributed by atoms with Gasteiger partial charge < -0.3 is 10.4 Å². The Hall–Kier alpha value is -1.40. The summed E-state index contributed by atoms with van der Waals surface area (Å²) in [6, 6.07) is 0. The lowest BCUT2D eigenvalue weighted by atomic mass is 10.2. The van der Waals surface area contributed by atoms with Crippen LogP contribution in [-0.2, 0) is 13.1 Å². The molecule has 0 spiro atoms. The molecule has 2 heterocycles. The summed E-state index contributed by atoms with van der Waals surface area (Å²) in [7, 11) is 0. The second-order valence-electron chi connectivity index (χ2n) is 4.40. The first-order valence-corrected chi connectivity index (χ1v) is 6.88. The van der Waals surface area contributed by atoms with Gasteiger partial charge in [0.2, 0.25) is 0 Å². The molecule has 0 saturated carbocycles. The fourth-order valence-electron chi connectivity index (χ4n) is 1.54. The second kappa shape index (κ2) is 5.97. The Morgan fingerprint density at radius 3 is 3.00 bits per heavy atom. The summed E-state index contributed by atoms with van der Waals surface area (Å²) in [6.07, 6.45) is 3.64. The smallest absolute Gasteiger partial charge is 0.0954 e. The van der Waals surface area contributed by atoms with Gasteiger partial charge in [0, 0.05) is 17.5 Å². The predicted octanol–water partition coefficient (Wildman–Crippen LogP) is 2.07. The number of rotatable bonds is 6. The fraction of sp³-hybridized carbons (Fsp3) is 0.500. The summed E-state index contributed by atoms with van der Waals surface area (Å²) in [5.41, 5.74) is 2.00. The molecule has 0 aliphatic rings. The van der Waals surface area contributed by atoms with Crippen molar-refractivity contribution < 1.29 is 5.11 Å². The lowest BCUT2D eigenvalue weighted by Crippen LogP contribution is -2.02. The number of hydrogen-bond acceptors (Lipinski definition) is 5. The Morgan fingerprint density at radius 1 is 1.50 bits per heavy atom. The summed E-state index contributed by atoms with van der Waals surface area (Å²) in [4.78, 5) is 4.56. The summed E-state index contributed by atoms with van der Waals surface area (Å²) in [5, 5.41) is 19.5. The van der Waals surface area contributed by atoms with E-state index in [-0.39, 0.29) is 6.61 Å². The summed E-state index contributed by atoms with van der Waals surface area (Å²) in [5.74, 6) is 0.482. The normalized spacial score (nSPS) is 11.1. The highest BCUT2D eigenvalue weighted by Gasteiger charge is 2.06. The van der Waals surface area contributed by atoms with Crippen LogP contribution >= 0.6 is 11.3 Å². The maximum absolute atomic E-state index is 8.80. The molecule has 2 rings (SSSR count). The van der Waals surface area contributed by atoms with E-state index in [1.54, 1.807) is 22.2 Å². The van der Waals surface area contributed by atoms with Crippen LogP contribution in [0.5, 0.6) is 0 Å². The summed E-state index contributed by atoms with van der Waals surface area (Å²) >= 11 is 1.70. The lowest BCUT2D eigenvalue weighted by Gasteiger charge is -2.00. The van der Waals surface area contributed by atoms with E-state index < -0.39 is 0 Å². The molecule has 0 aromatic carbocycles. The Kier molecular flexibility index (Phi) is 4.33. The predicted molar refractivity (Wildman–Crippen MR) is 72.8 cm³/mol. The minimum Gasteiger partial charge on any atom is -0.394 e. The van der Waals surface area contributed by atoms with Gasteiger partial charge >= 0.3 is 0 Å². The molecule has 0 amide bonds. The van der Waals surface area contributed by atoms with Crippen LogP contribution in [0.25, 0.3) is 0 Å². The maximum atomic E-state index is 8.80. The number of hydrogen-bond donors (Lipinski definition) is 2. The minimum atomic E-state index is 0.102. The summed E-state index contributed by atoms with van der Waals surface area (Å²) in [6.45, 7) is 5.62. The molecular weight excluding hydrogens is 248 g/mol. The standard InChI is InChI=1S/C12H18N4OS/c1-9(2)12-15-11(8-18-12)5-13-10-6-14-16(7-10)3-4-17/h6-9,13,17H,3-5H2,1-2H3. The molecule has 0 saturated heterocycles. The molecule has 0 aliphatic carbocycles. The van der Waals surface area contributed by atoms with Crippen LogP contribution in [-0.4, -0.2) is 26.5 Å². The van der Waals surface area contributed by atoms with Gasteiger partial charge in [0.05, 0.1) is 42.3 Å². The third-order valence-corrected chi connectivity index (χ3v) is 3.69. The Labute approximate surface area is 110 Å². The third kappa shape index (κ3) is 3.30. The SMILES string of the molecule is CC(C)c1nc(CNc2cnn(CCO)c2)cs1. The zero-order valence-corrected chi connectivity index (χ0v) is 11.4. The van der Waals surface area contributed by atoms with Crippen LogP contribution in [0.3, 0.4) is 0 Å². The molecule has 2 aromatic heterocycles. The van der Waals surface area contributed by atoms with E-state index in [0.717, 1.165) is 11.4 Å². The van der Waals surface area contributed by atoms with E-state index in [1.807, 2.05) is 6.20 Å². The number of aliphatic hydroxyl groups excluding tert-OH is 1. The molecule has 18 heavy (non-hydrogen) atoms. The van der Waals surface area contributed by atoms with E-state index in [0.29, 0.717) is 19.0 Å². The Morgan fingerprint density at radius 2 is 2.33 bits per heavy atom. The molecule has 0 unspecified atom stereocenters. The van der Waals surface area contributed by atoms with Crippen LogP contribution in [0.1, 0.15) is 30.5 Å². The van der Waals surface area contributed by atoms with E-state index in [9.17, 15) is 0 Å². The molecular formula is C12H18N4OS. The molecule has 0 atom stereocenters. The number of aromatic nitrogens is 3. The van der Waals surface area contributed by atoms with Gasteiger partial charge in [0.1, 0.15) is 0 Å². The minimum absolute atomic E-state index is 0.102. The van der Waals surface area contributed by atoms with Crippen molar-refractivity contribution in [1.29, 1.82) is 0 Å². The molecule has 6 heteroatoms. The van der Waals surface area contributed by atoms with E-state index >= 15 is 0 Å². The third-order valence-electron chi connectivity index (χ3n) is 2.50. The van der Waals surface area contributed by atoms with Crippen molar-refractivity contribution in [3.05, 3.63) is 28.5 Å². The Balaban J connectivity index is 1.89. The molecule has 0 fully saturated rings. The molecule has 0 aliphatic heterocycles. The number of thiazole rings is 1. The van der Waals surface area contributed by atoms with Crippen molar-refractivity contribution in [3.8, 4) is 0 Å².